The van der Waals surface area contributed by atoms with Crippen LogP contribution in [0.3, 0.4) is 0 Å². The maximum absolute atomic E-state index is 12.4. The summed E-state index contributed by atoms with van der Waals surface area (Å²) in [6.07, 6.45) is 1.92. The van der Waals surface area contributed by atoms with Crippen molar-refractivity contribution in [2.45, 2.75) is 6.54 Å². The van der Waals surface area contributed by atoms with Crippen molar-refractivity contribution in [2.75, 3.05) is 5.32 Å². The summed E-state index contributed by atoms with van der Waals surface area (Å²) in [5.41, 5.74) is 2.95. The van der Waals surface area contributed by atoms with Crippen molar-refractivity contribution < 1.29 is 4.79 Å². The zero-order chi connectivity index (χ0) is 17.2. The van der Waals surface area contributed by atoms with Crippen LogP contribution in [0.15, 0.2) is 70.6 Å². The SMILES string of the molecule is O=C(Cn1ccc2cc(Br)ccc21)Nc1nc(-c2ccccc2)cs1. The molecule has 25 heavy (non-hydrogen) atoms. The minimum Gasteiger partial charge on any atom is -0.338 e. The number of nitrogens with one attached hydrogen (secondary N) is 1. The summed E-state index contributed by atoms with van der Waals surface area (Å²) < 4.78 is 2.96. The Hall–Kier alpha value is -2.44. The zero-order valence-electron chi connectivity index (χ0n) is 13.1. The average Bonchev–Trinajstić information content (AvgIpc) is 3.23. The molecule has 0 aliphatic carbocycles. The quantitative estimate of drug-likeness (QED) is 0.503. The Kier molecular flexibility index (Phi) is 4.38. The molecular weight excluding hydrogens is 398 g/mol. The lowest BCUT2D eigenvalue weighted by atomic mass is 10.2. The molecule has 0 fully saturated rings. The summed E-state index contributed by atoms with van der Waals surface area (Å²) >= 11 is 4.90. The largest absolute Gasteiger partial charge is 0.338 e. The Bertz CT molecular complexity index is 1040. The van der Waals surface area contributed by atoms with Crippen molar-refractivity contribution in [1.29, 1.82) is 0 Å². The lowest BCUT2D eigenvalue weighted by Crippen LogP contribution is -2.18. The number of thiazole rings is 1. The van der Waals surface area contributed by atoms with E-state index in [1.807, 2.05) is 70.7 Å². The predicted octanol–water partition coefficient (Wildman–Crippen LogP) is 5.17. The van der Waals surface area contributed by atoms with Gasteiger partial charge in [-0.05, 0) is 24.3 Å². The number of benzene rings is 2. The highest BCUT2D eigenvalue weighted by molar-refractivity contribution is 9.10. The van der Waals surface area contributed by atoms with Crippen molar-refractivity contribution in [3.05, 3.63) is 70.6 Å². The van der Waals surface area contributed by atoms with E-state index < -0.39 is 0 Å². The summed E-state index contributed by atoms with van der Waals surface area (Å²) in [7, 11) is 0. The summed E-state index contributed by atoms with van der Waals surface area (Å²) in [5, 5.41) is 6.55. The second kappa shape index (κ2) is 6.82. The highest BCUT2D eigenvalue weighted by Crippen LogP contribution is 2.25. The third-order valence-corrected chi connectivity index (χ3v) is 5.12. The lowest BCUT2D eigenvalue weighted by Gasteiger charge is -2.05. The highest BCUT2D eigenvalue weighted by atomic mass is 79.9. The van der Waals surface area contributed by atoms with Crippen molar-refractivity contribution >= 4 is 49.2 Å². The molecule has 0 saturated heterocycles. The van der Waals surface area contributed by atoms with E-state index in [0.717, 1.165) is 26.6 Å². The molecule has 0 saturated carbocycles. The second-order valence-corrected chi connectivity index (χ2v) is 7.37. The predicted molar refractivity (Wildman–Crippen MR) is 106 cm³/mol. The number of hydrogen-bond donors (Lipinski definition) is 1. The fourth-order valence-electron chi connectivity index (χ4n) is 2.70. The number of hydrogen-bond acceptors (Lipinski definition) is 3. The van der Waals surface area contributed by atoms with E-state index in [2.05, 4.69) is 26.2 Å². The number of amides is 1. The molecule has 6 heteroatoms. The minimum atomic E-state index is -0.0885. The average molecular weight is 412 g/mol. The number of nitrogens with zero attached hydrogens (tertiary/aromatic N) is 2. The van der Waals surface area contributed by atoms with E-state index in [4.69, 9.17) is 0 Å². The topological polar surface area (TPSA) is 46.9 Å². The first-order valence-electron chi connectivity index (χ1n) is 7.74. The minimum absolute atomic E-state index is 0.0885. The van der Waals surface area contributed by atoms with Crippen LogP contribution in [-0.4, -0.2) is 15.5 Å². The van der Waals surface area contributed by atoms with Crippen LogP contribution in [0.5, 0.6) is 0 Å². The molecule has 4 aromatic rings. The zero-order valence-corrected chi connectivity index (χ0v) is 15.5. The highest BCUT2D eigenvalue weighted by Gasteiger charge is 2.10. The summed E-state index contributed by atoms with van der Waals surface area (Å²) in [6.45, 7) is 0.255. The van der Waals surface area contributed by atoms with Gasteiger partial charge in [0.15, 0.2) is 5.13 Å². The van der Waals surface area contributed by atoms with Gasteiger partial charge in [-0.1, -0.05) is 46.3 Å². The van der Waals surface area contributed by atoms with E-state index in [0.29, 0.717) is 5.13 Å². The van der Waals surface area contributed by atoms with Crippen LogP contribution >= 0.6 is 27.3 Å². The third-order valence-electron chi connectivity index (χ3n) is 3.87. The number of carbonyl (C=O) groups is 1. The van der Waals surface area contributed by atoms with Gasteiger partial charge >= 0.3 is 0 Å². The number of halogens is 1. The molecule has 2 aromatic carbocycles. The molecule has 1 N–H and O–H groups in total. The first-order chi connectivity index (χ1) is 12.2. The van der Waals surface area contributed by atoms with Gasteiger partial charge in [0.2, 0.25) is 5.91 Å². The number of anilines is 1. The molecule has 0 aliphatic heterocycles. The van der Waals surface area contributed by atoms with Gasteiger partial charge in [0, 0.05) is 32.5 Å². The molecule has 0 spiro atoms. The molecule has 4 nitrogen and oxygen atoms in total. The maximum atomic E-state index is 12.4. The molecule has 0 unspecified atom stereocenters. The van der Waals surface area contributed by atoms with Crippen LogP contribution in [0.1, 0.15) is 0 Å². The summed E-state index contributed by atoms with van der Waals surface area (Å²) in [6, 6.07) is 18.0. The van der Waals surface area contributed by atoms with Gasteiger partial charge in [-0.25, -0.2) is 4.98 Å². The van der Waals surface area contributed by atoms with Gasteiger partial charge in [0.1, 0.15) is 6.54 Å². The molecule has 0 atom stereocenters. The number of rotatable bonds is 4. The van der Waals surface area contributed by atoms with Gasteiger partial charge in [-0.2, -0.15) is 0 Å². The van der Waals surface area contributed by atoms with Crippen LogP contribution in [-0.2, 0) is 11.3 Å². The fourth-order valence-corrected chi connectivity index (χ4v) is 3.81. The number of carbonyl (C=O) groups excluding carboxylic acids is 1. The van der Waals surface area contributed by atoms with Gasteiger partial charge in [-0.15, -0.1) is 11.3 Å². The smallest absolute Gasteiger partial charge is 0.246 e. The maximum Gasteiger partial charge on any atom is 0.246 e. The van der Waals surface area contributed by atoms with Gasteiger partial charge in [0.05, 0.1) is 5.69 Å². The first kappa shape index (κ1) is 16.1. The van der Waals surface area contributed by atoms with Crippen LogP contribution in [0.4, 0.5) is 5.13 Å². The fraction of sp³-hybridized carbons (Fsp3) is 0.0526. The summed E-state index contributed by atoms with van der Waals surface area (Å²) in [4.78, 5) is 16.9. The van der Waals surface area contributed by atoms with Gasteiger partial charge in [0.25, 0.3) is 0 Å². The second-order valence-electron chi connectivity index (χ2n) is 5.60. The molecular formula is C19H14BrN3OS. The Morgan fingerprint density at radius 2 is 2.00 bits per heavy atom. The van der Waals surface area contributed by atoms with E-state index in [-0.39, 0.29) is 12.5 Å². The lowest BCUT2D eigenvalue weighted by molar-refractivity contribution is -0.116. The van der Waals surface area contributed by atoms with Crippen LogP contribution in [0.25, 0.3) is 22.2 Å². The van der Waals surface area contributed by atoms with Crippen molar-refractivity contribution in [3.8, 4) is 11.3 Å². The molecule has 1 amide bonds. The van der Waals surface area contributed by atoms with Crippen LogP contribution in [0, 0.1) is 0 Å². The standard InChI is InChI=1S/C19H14BrN3OS/c20-15-6-7-17-14(10-15)8-9-23(17)11-18(24)22-19-21-16(12-25-19)13-4-2-1-3-5-13/h1-10,12H,11H2,(H,21,22,24). The normalized spacial score (nSPS) is 10.9. The van der Waals surface area contributed by atoms with Crippen molar-refractivity contribution in [2.24, 2.45) is 0 Å². The van der Waals surface area contributed by atoms with Gasteiger partial charge < -0.3 is 9.88 Å². The monoisotopic (exact) mass is 411 g/mol. The number of fused-ring (bicyclic) bond motifs is 1. The Balaban J connectivity index is 1.48. The Morgan fingerprint density at radius 3 is 2.84 bits per heavy atom. The van der Waals surface area contributed by atoms with Gasteiger partial charge in [-0.3, -0.25) is 4.79 Å². The van der Waals surface area contributed by atoms with E-state index in [1.54, 1.807) is 0 Å². The molecule has 2 aromatic heterocycles. The molecule has 0 bridgehead atoms. The number of aromatic nitrogens is 2. The molecule has 124 valence electrons. The first-order valence-corrected chi connectivity index (χ1v) is 9.41. The summed E-state index contributed by atoms with van der Waals surface area (Å²) in [5.74, 6) is -0.0885. The third kappa shape index (κ3) is 3.50. The van der Waals surface area contributed by atoms with Crippen molar-refractivity contribution in [1.82, 2.24) is 9.55 Å². The van der Waals surface area contributed by atoms with E-state index in [9.17, 15) is 4.79 Å². The molecule has 2 heterocycles. The van der Waals surface area contributed by atoms with Crippen molar-refractivity contribution in [3.63, 3.8) is 0 Å². The van der Waals surface area contributed by atoms with E-state index in [1.165, 1.54) is 11.3 Å². The van der Waals surface area contributed by atoms with Crippen LogP contribution in [0.2, 0.25) is 0 Å². The van der Waals surface area contributed by atoms with Crippen LogP contribution < -0.4 is 5.32 Å². The Labute approximate surface area is 157 Å². The Morgan fingerprint density at radius 1 is 1.16 bits per heavy atom. The molecule has 0 radical (unpaired) electrons. The molecule has 4 rings (SSSR count). The van der Waals surface area contributed by atoms with E-state index >= 15 is 0 Å². The molecule has 0 aliphatic rings.